The molecule has 1 aliphatic heterocycles. The van der Waals surface area contributed by atoms with Crippen LogP contribution in [0, 0.1) is 5.92 Å². The fraction of sp³-hybridized carbons (Fsp3) is 0.458. The Morgan fingerprint density at radius 3 is 2.86 bits per heavy atom. The van der Waals surface area contributed by atoms with Gasteiger partial charge in [0.1, 0.15) is 17.3 Å². The molecule has 1 atom stereocenters. The molecular weight excluding hydrogens is 486 g/mol. The largest absolute Gasteiger partial charge is 0.356 e. The van der Waals surface area contributed by atoms with Gasteiger partial charge in [0.2, 0.25) is 17.8 Å². The van der Waals surface area contributed by atoms with Crippen LogP contribution in [0.5, 0.6) is 0 Å². The summed E-state index contributed by atoms with van der Waals surface area (Å²) in [6.45, 7) is 6.20. The van der Waals surface area contributed by atoms with E-state index in [1.807, 2.05) is 30.2 Å². The Morgan fingerprint density at radius 2 is 2.14 bits per heavy atom. The minimum Gasteiger partial charge on any atom is -0.356 e. The highest BCUT2D eigenvalue weighted by atomic mass is 35.5. The lowest BCUT2D eigenvalue weighted by molar-refractivity contribution is -0.133. The van der Waals surface area contributed by atoms with Crippen molar-refractivity contribution in [3.63, 3.8) is 0 Å². The Bertz CT molecular complexity index is 1120. The number of piperazine rings is 1. The maximum Gasteiger partial charge on any atom is 0.238 e. The zero-order chi connectivity index (χ0) is 24.8. The molecular formula is C24H30ClN7O2S. The fourth-order valence-corrected chi connectivity index (χ4v) is 5.02. The van der Waals surface area contributed by atoms with Crippen LogP contribution in [0.1, 0.15) is 31.6 Å². The van der Waals surface area contributed by atoms with E-state index in [4.69, 9.17) is 16.6 Å². The predicted octanol–water partition coefficient (Wildman–Crippen LogP) is 3.19. The summed E-state index contributed by atoms with van der Waals surface area (Å²) in [4.78, 5) is 43.9. The second-order valence-corrected chi connectivity index (χ2v) is 10.4. The number of nitrogens with one attached hydrogen (secondary N) is 1. The molecule has 9 nitrogen and oxygen atoms in total. The van der Waals surface area contributed by atoms with Gasteiger partial charge >= 0.3 is 0 Å². The molecule has 1 aliphatic rings. The van der Waals surface area contributed by atoms with Crippen LogP contribution in [0.3, 0.4) is 0 Å². The highest BCUT2D eigenvalue weighted by Gasteiger charge is 2.32. The molecule has 1 unspecified atom stereocenters. The second-order valence-electron chi connectivity index (χ2n) is 8.99. The molecule has 1 N–H and O–H groups in total. The number of hydrogen-bond acceptors (Lipinski definition) is 7. The van der Waals surface area contributed by atoms with E-state index in [1.165, 1.54) is 4.88 Å². The number of carbonyl (C=O) groups excluding carboxylic acids is 2. The molecule has 0 aliphatic carbocycles. The SMILES string of the molecule is CC(C)CC(=O)N1CCN(c2cc(Cl)nc(-n3ccnc3)n2)C(CC(=O)NCCc2cccs2)C1. The Balaban J connectivity index is 1.50. The van der Waals surface area contributed by atoms with Gasteiger partial charge in [-0.2, -0.15) is 4.98 Å². The zero-order valence-corrected chi connectivity index (χ0v) is 21.5. The summed E-state index contributed by atoms with van der Waals surface area (Å²) in [5.74, 6) is 1.37. The topological polar surface area (TPSA) is 96.2 Å². The number of anilines is 1. The summed E-state index contributed by atoms with van der Waals surface area (Å²) in [6, 6.07) is 5.54. The van der Waals surface area contributed by atoms with Crippen molar-refractivity contribution in [3.05, 3.63) is 52.3 Å². The van der Waals surface area contributed by atoms with Gasteiger partial charge in [-0.05, 0) is 23.8 Å². The Morgan fingerprint density at radius 1 is 1.29 bits per heavy atom. The van der Waals surface area contributed by atoms with E-state index >= 15 is 0 Å². The van der Waals surface area contributed by atoms with Crippen molar-refractivity contribution in [3.8, 4) is 5.95 Å². The van der Waals surface area contributed by atoms with Gasteiger partial charge in [-0.1, -0.05) is 31.5 Å². The first kappa shape index (κ1) is 25.1. The van der Waals surface area contributed by atoms with Crippen molar-refractivity contribution in [1.82, 2.24) is 29.7 Å². The number of halogens is 1. The normalized spacial score (nSPS) is 16.1. The summed E-state index contributed by atoms with van der Waals surface area (Å²) in [5, 5.41) is 5.36. The number of imidazole rings is 1. The number of amides is 2. The van der Waals surface area contributed by atoms with Crippen LogP contribution in [0.15, 0.2) is 42.3 Å². The van der Waals surface area contributed by atoms with Crippen LogP contribution in [0.25, 0.3) is 5.95 Å². The summed E-state index contributed by atoms with van der Waals surface area (Å²) in [5.41, 5.74) is 0. The van der Waals surface area contributed by atoms with Crippen molar-refractivity contribution in [1.29, 1.82) is 0 Å². The van der Waals surface area contributed by atoms with Crippen LogP contribution in [-0.4, -0.2) is 68.5 Å². The Hall–Kier alpha value is -2.98. The van der Waals surface area contributed by atoms with Crippen molar-refractivity contribution >= 4 is 40.6 Å². The summed E-state index contributed by atoms with van der Waals surface area (Å²) in [7, 11) is 0. The minimum atomic E-state index is -0.233. The van der Waals surface area contributed by atoms with E-state index < -0.39 is 0 Å². The van der Waals surface area contributed by atoms with E-state index in [0.29, 0.717) is 49.5 Å². The number of aromatic nitrogens is 4. The van der Waals surface area contributed by atoms with Crippen LogP contribution in [0.4, 0.5) is 5.82 Å². The number of nitrogens with zero attached hydrogens (tertiary/aromatic N) is 6. The average molecular weight is 516 g/mol. The van der Waals surface area contributed by atoms with Gasteiger partial charge in [0.15, 0.2) is 0 Å². The second kappa shape index (κ2) is 11.6. The van der Waals surface area contributed by atoms with Gasteiger partial charge < -0.3 is 15.1 Å². The van der Waals surface area contributed by atoms with Crippen molar-refractivity contribution in [2.24, 2.45) is 5.92 Å². The Kier molecular flexibility index (Phi) is 8.35. The predicted molar refractivity (Wildman–Crippen MR) is 137 cm³/mol. The molecule has 2 amide bonds. The van der Waals surface area contributed by atoms with Crippen molar-refractivity contribution in [2.75, 3.05) is 31.1 Å². The molecule has 0 radical (unpaired) electrons. The quantitative estimate of drug-likeness (QED) is 0.440. The number of thiophene rings is 1. The van der Waals surface area contributed by atoms with E-state index in [2.05, 4.69) is 26.3 Å². The molecule has 0 bridgehead atoms. The average Bonchev–Trinajstić information content (AvgIpc) is 3.53. The standard InChI is InChI=1S/C24H30ClN7O2S/c1-17(2)12-23(34)30-9-10-32(21-14-20(25)28-24(29-21)31-8-7-26-16-31)18(15-30)13-22(33)27-6-5-19-4-3-11-35-19/h3-4,7-8,11,14,16-18H,5-6,9-10,12-13,15H2,1-2H3,(H,27,33). The molecule has 1 saturated heterocycles. The first-order chi connectivity index (χ1) is 16.9. The summed E-state index contributed by atoms with van der Waals surface area (Å²) in [6.07, 6.45) is 6.54. The molecule has 35 heavy (non-hydrogen) atoms. The van der Waals surface area contributed by atoms with Gasteiger partial charge in [0.05, 0.1) is 6.04 Å². The maximum absolute atomic E-state index is 12.9. The van der Waals surface area contributed by atoms with Crippen molar-refractivity contribution < 1.29 is 9.59 Å². The van der Waals surface area contributed by atoms with Gasteiger partial charge in [-0.25, -0.2) is 9.97 Å². The van der Waals surface area contributed by atoms with Crippen LogP contribution < -0.4 is 10.2 Å². The third-order valence-corrected chi connectivity index (χ3v) is 6.94. The fourth-order valence-electron chi connectivity index (χ4n) is 4.14. The third kappa shape index (κ3) is 6.79. The Labute approximate surface area is 214 Å². The van der Waals surface area contributed by atoms with Gasteiger partial charge in [-0.3, -0.25) is 14.2 Å². The van der Waals surface area contributed by atoms with Crippen LogP contribution in [-0.2, 0) is 16.0 Å². The van der Waals surface area contributed by atoms with Crippen LogP contribution >= 0.6 is 22.9 Å². The monoisotopic (exact) mass is 515 g/mol. The van der Waals surface area contributed by atoms with E-state index in [-0.39, 0.29) is 30.2 Å². The zero-order valence-electron chi connectivity index (χ0n) is 19.9. The van der Waals surface area contributed by atoms with Gasteiger partial charge in [0, 0.05) is 62.4 Å². The highest BCUT2D eigenvalue weighted by molar-refractivity contribution is 7.09. The molecule has 0 spiro atoms. The van der Waals surface area contributed by atoms with Crippen molar-refractivity contribution in [2.45, 2.75) is 39.2 Å². The van der Waals surface area contributed by atoms with Gasteiger partial charge in [0.25, 0.3) is 0 Å². The summed E-state index contributed by atoms with van der Waals surface area (Å²) < 4.78 is 1.68. The molecule has 4 heterocycles. The third-order valence-electron chi connectivity index (χ3n) is 5.81. The van der Waals surface area contributed by atoms with E-state index in [0.717, 1.165) is 6.42 Å². The lowest BCUT2D eigenvalue weighted by atomic mass is 10.1. The van der Waals surface area contributed by atoms with Crippen LogP contribution in [0.2, 0.25) is 5.15 Å². The lowest BCUT2D eigenvalue weighted by Gasteiger charge is -2.42. The minimum absolute atomic E-state index is 0.0512. The lowest BCUT2D eigenvalue weighted by Crippen LogP contribution is -2.56. The maximum atomic E-state index is 12.9. The van der Waals surface area contributed by atoms with E-state index in [1.54, 1.807) is 40.7 Å². The molecule has 1 fully saturated rings. The number of hydrogen-bond donors (Lipinski definition) is 1. The highest BCUT2D eigenvalue weighted by Crippen LogP contribution is 2.25. The molecule has 3 aromatic rings. The molecule has 0 saturated carbocycles. The number of carbonyl (C=O) groups is 2. The van der Waals surface area contributed by atoms with E-state index in [9.17, 15) is 9.59 Å². The number of rotatable bonds is 9. The summed E-state index contributed by atoms with van der Waals surface area (Å²) >= 11 is 8.02. The smallest absolute Gasteiger partial charge is 0.238 e. The first-order valence-corrected chi connectivity index (χ1v) is 13.0. The molecule has 4 rings (SSSR count). The first-order valence-electron chi connectivity index (χ1n) is 11.8. The molecule has 11 heteroatoms. The molecule has 0 aromatic carbocycles. The van der Waals surface area contributed by atoms with Gasteiger partial charge in [-0.15, -0.1) is 11.3 Å². The molecule has 186 valence electrons. The molecule has 3 aromatic heterocycles.